The zero-order valence-electron chi connectivity index (χ0n) is 28.1. The molecule has 1 saturated heterocycles. The van der Waals surface area contributed by atoms with Crippen molar-refractivity contribution in [2.24, 2.45) is 5.73 Å². The molecule has 1 aliphatic rings. The number of likely N-dealkylation sites (N-methyl/N-ethyl adjacent to an activating group) is 1. The molecule has 0 saturated carbocycles. The molecule has 3 amide bonds. The minimum Gasteiger partial charge on any atom is -0.597 e. The Morgan fingerprint density at radius 2 is 1.85 bits per heavy atom. The zero-order valence-corrected chi connectivity index (χ0v) is 28.9. The summed E-state index contributed by atoms with van der Waals surface area (Å²) in [5, 5.41) is 2.14. The molecule has 1 heterocycles. The van der Waals surface area contributed by atoms with Crippen molar-refractivity contribution in [3.8, 4) is 18.1 Å². The van der Waals surface area contributed by atoms with Gasteiger partial charge in [-0.05, 0) is 56.4 Å². The van der Waals surface area contributed by atoms with Crippen molar-refractivity contribution in [2.75, 3.05) is 40.4 Å². The maximum absolute atomic E-state index is 14.2. The van der Waals surface area contributed by atoms with E-state index < -0.39 is 40.8 Å². The standard InChI is InChI=1S/C34H48BN5O6S/c1-6-21-46-25(3)31(37-32(41)24(2)38(4)34(35)43)33(42)40-19-10-13-28(40)23-39(20-18-26-11-8-7-9-12-26)47(44)30(36)22-27-14-16-29(45-5)17-15-27/h1,7-9,11-12,14-17,24-25,28,30-31H,10,13,18-23,35-36H2,2-5H3,(H,37,41)/t24-,25+,28-,30-,31-,47?/m0/s1. The van der Waals surface area contributed by atoms with Crippen LogP contribution in [-0.4, -0.2) is 114 Å². The second-order valence-electron chi connectivity index (χ2n) is 11.8. The number of rotatable bonds is 17. The summed E-state index contributed by atoms with van der Waals surface area (Å²) in [6, 6.07) is 15.3. The third kappa shape index (κ3) is 11.0. The van der Waals surface area contributed by atoms with Crippen molar-refractivity contribution < 1.29 is 28.4 Å². The summed E-state index contributed by atoms with van der Waals surface area (Å²) < 4.78 is 26.8. The number of nitrogens with two attached hydrogens (primary N) is 1. The molecule has 11 nitrogen and oxygen atoms in total. The number of hydrogen-bond donors (Lipinski definition) is 2. The van der Waals surface area contributed by atoms with Crippen molar-refractivity contribution in [3.63, 3.8) is 0 Å². The Hall–Kier alpha value is -3.54. The van der Waals surface area contributed by atoms with E-state index in [1.54, 1.807) is 25.9 Å². The van der Waals surface area contributed by atoms with Gasteiger partial charge in [-0.1, -0.05) is 48.4 Å². The van der Waals surface area contributed by atoms with E-state index in [4.69, 9.17) is 21.6 Å². The van der Waals surface area contributed by atoms with E-state index >= 15 is 0 Å². The monoisotopic (exact) mass is 665 g/mol. The van der Waals surface area contributed by atoms with Crippen molar-refractivity contribution in [2.45, 2.75) is 69.1 Å². The lowest BCUT2D eigenvalue weighted by molar-refractivity contribution is -0.142. The van der Waals surface area contributed by atoms with E-state index in [9.17, 15) is 18.9 Å². The van der Waals surface area contributed by atoms with Crippen LogP contribution in [0.1, 0.15) is 37.8 Å². The third-order valence-electron chi connectivity index (χ3n) is 8.60. The lowest BCUT2D eigenvalue weighted by Gasteiger charge is -2.36. The molecule has 47 heavy (non-hydrogen) atoms. The van der Waals surface area contributed by atoms with Crippen LogP contribution >= 0.6 is 0 Å². The number of likely N-dealkylation sites (tertiary alicyclic amines) is 1. The summed E-state index contributed by atoms with van der Waals surface area (Å²) >= 11 is -1.57. The van der Waals surface area contributed by atoms with Gasteiger partial charge in [0, 0.05) is 32.6 Å². The van der Waals surface area contributed by atoms with Crippen LogP contribution in [-0.2, 0) is 38.5 Å². The molecule has 0 radical (unpaired) electrons. The molecule has 3 rings (SSSR count). The van der Waals surface area contributed by atoms with E-state index in [2.05, 4.69) is 11.2 Å². The molecular weight excluding hydrogens is 617 g/mol. The second-order valence-corrected chi connectivity index (χ2v) is 13.5. The lowest BCUT2D eigenvalue weighted by atomic mass is 10.1. The fourth-order valence-corrected chi connectivity index (χ4v) is 6.83. The van der Waals surface area contributed by atoms with Crippen LogP contribution in [0.2, 0.25) is 0 Å². The van der Waals surface area contributed by atoms with Gasteiger partial charge in [-0.25, -0.2) is 0 Å². The number of ether oxygens (including phenoxy) is 2. The number of nitrogens with one attached hydrogen (secondary N) is 1. The molecule has 0 aromatic heterocycles. The van der Waals surface area contributed by atoms with E-state index in [1.165, 1.54) is 19.8 Å². The summed E-state index contributed by atoms with van der Waals surface area (Å²) in [7, 11) is 4.50. The van der Waals surface area contributed by atoms with Crippen LogP contribution in [0.15, 0.2) is 54.6 Å². The summed E-state index contributed by atoms with van der Waals surface area (Å²) in [4.78, 5) is 42.3. The summed E-state index contributed by atoms with van der Waals surface area (Å²) in [6.45, 7) is 4.53. The molecule has 1 aliphatic heterocycles. The Kier molecular flexibility index (Phi) is 15.1. The first-order valence-corrected chi connectivity index (χ1v) is 17.1. The van der Waals surface area contributed by atoms with Gasteiger partial charge in [0.1, 0.15) is 24.4 Å². The molecule has 1 fully saturated rings. The highest BCUT2D eigenvalue weighted by Gasteiger charge is 2.40. The van der Waals surface area contributed by atoms with Crippen LogP contribution in [0.3, 0.4) is 0 Å². The van der Waals surface area contributed by atoms with Gasteiger partial charge < -0.3 is 29.1 Å². The van der Waals surface area contributed by atoms with Crippen molar-refractivity contribution in [3.05, 3.63) is 65.7 Å². The molecule has 1 unspecified atom stereocenters. The second kappa shape index (κ2) is 18.7. The Balaban J connectivity index is 1.81. The fraction of sp³-hybridized carbons (Fsp3) is 0.500. The minimum absolute atomic E-state index is 0.0362. The van der Waals surface area contributed by atoms with Gasteiger partial charge in [-0.3, -0.25) is 20.1 Å². The van der Waals surface area contributed by atoms with E-state index in [0.717, 1.165) is 23.3 Å². The Labute approximate surface area is 283 Å². The van der Waals surface area contributed by atoms with E-state index in [0.29, 0.717) is 38.9 Å². The average molecular weight is 666 g/mol. The molecule has 6 atom stereocenters. The van der Waals surface area contributed by atoms with E-state index in [1.807, 2.05) is 58.9 Å². The van der Waals surface area contributed by atoms with Crippen LogP contribution in [0, 0.1) is 12.3 Å². The summed E-state index contributed by atoms with van der Waals surface area (Å²) in [5.74, 6) is 2.06. The van der Waals surface area contributed by atoms with Gasteiger partial charge in [-0.2, -0.15) is 0 Å². The predicted molar refractivity (Wildman–Crippen MR) is 187 cm³/mol. The molecule has 0 aliphatic carbocycles. The zero-order chi connectivity index (χ0) is 34.5. The van der Waals surface area contributed by atoms with Gasteiger partial charge in [-0.15, -0.1) is 10.7 Å². The number of amides is 3. The number of terminal acetylenes is 1. The Morgan fingerprint density at radius 1 is 1.17 bits per heavy atom. The van der Waals surface area contributed by atoms with Crippen LogP contribution in [0.4, 0.5) is 4.79 Å². The highest BCUT2D eigenvalue weighted by atomic mass is 32.2. The smallest absolute Gasteiger partial charge is 0.248 e. The SMILES string of the molecule is BC(=O)N(C)[C@@H](C)C(=O)N[C@H](C(=O)N1CCC[C@H]1CN(CCc1ccccc1)[S+]([O-])[C@H](N)Cc1ccc(OC)cc1)[C@@H](C)OCC#C. The summed E-state index contributed by atoms with van der Waals surface area (Å²) in [6.07, 6.45) is 7.17. The lowest BCUT2D eigenvalue weighted by Crippen LogP contribution is -2.59. The largest absolute Gasteiger partial charge is 0.597 e. The maximum atomic E-state index is 14.2. The quantitative estimate of drug-likeness (QED) is 0.147. The third-order valence-corrected chi connectivity index (χ3v) is 10.1. The summed E-state index contributed by atoms with van der Waals surface area (Å²) in [5.41, 5.74) is 8.60. The molecule has 2 aromatic rings. The van der Waals surface area contributed by atoms with Gasteiger partial charge in [0.2, 0.25) is 19.7 Å². The van der Waals surface area contributed by atoms with Gasteiger partial charge in [0.15, 0.2) is 11.2 Å². The molecular formula is C34H48BN5O6S. The molecule has 3 N–H and O–H groups in total. The molecule has 2 aromatic carbocycles. The number of hydrogen-bond acceptors (Lipinski definition) is 8. The topological polar surface area (TPSA) is 140 Å². The first-order chi connectivity index (χ1) is 22.5. The van der Waals surface area contributed by atoms with Gasteiger partial charge in [0.05, 0.1) is 31.1 Å². The average Bonchev–Trinajstić information content (AvgIpc) is 3.55. The van der Waals surface area contributed by atoms with E-state index in [-0.39, 0.29) is 24.4 Å². The first kappa shape index (κ1) is 37.9. The predicted octanol–water partition coefficient (Wildman–Crippen LogP) is 1.32. The van der Waals surface area contributed by atoms with Crippen molar-refractivity contribution >= 4 is 36.8 Å². The number of nitrogens with zero attached hydrogens (tertiary/aromatic N) is 3. The molecule has 254 valence electrons. The van der Waals surface area contributed by atoms with Crippen LogP contribution in [0.25, 0.3) is 0 Å². The molecule has 13 heteroatoms. The molecule has 0 spiro atoms. The Bertz CT molecular complexity index is 1350. The first-order valence-electron chi connectivity index (χ1n) is 15.9. The van der Waals surface area contributed by atoms with Crippen molar-refractivity contribution in [1.82, 2.24) is 19.4 Å². The highest BCUT2D eigenvalue weighted by molar-refractivity contribution is 7.89. The normalized spacial score (nSPS) is 17.7. The number of carbonyl (C=O) groups is 3. The molecule has 0 bridgehead atoms. The van der Waals surface area contributed by atoms with Gasteiger partial charge in [0.25, 0.3) is 0 Å². The van der Waals surface area contributed by atoms with Crippen LogP contribution in [0.5, 0.6) is 5.75 Å². The Morgan fingerprint density at radius 3 is 2.47 bits per heavy atom. The van der Waals surface area contributed by atoms with Crippen LogP contribution < -0.4 is 15.8 Å². The highest BCUT2D eigenvalue weighted by Crippen LogP contribution is 2.24. The van der Waals surface area contributed by atoms with Crippen molar-refractivity contribution in [1.29, 1.82) is 0 Å². The number of carbonyl (C=O) groups excluding carboxylic acids is 3. The minimum atomic E-state index is -1.57. The number of benzene rings is 2. The van der Waals surface area contributed by atoms with Gasteiger partial charge >= 0.3 is 0 Å². The number of methoxy groups -OCH3 is 1. The fourth-order valence-electron chi connectivity index (χ4n) is 5.52. The maximum Gasteiger partial charge on any atom is 0.248 e.